The number of hydrogen-bond acceptors (Lipinski definition) is 4. The summed E-state index contributed by atoms with van der Waals surface area (Å²) in [5.74, 6) is -3.98. The normalized spacial score (nSPS) is 31.3. The summed E-state index contributed by atoms with van der Waals surface area (Å²) in [5.41, 5.74) is -5.16. The van der Waals surface area contributed by atoms with Crippen molar-refractivity contribution in [1.82, 2.24) is 0 Å². The van der Waals surface area contributed by atoms with Gasteiger partial charge in [0.2, 0.25) is 0 Å². The van der Waals surface area contributed by atoms with Crippen LogP contribution in [0.5, 0.6) is 0 Å². The molecule has 4 atom stereocenters. The van der Waals surface area contributed by atoms with Gasteiger partial charge in [-0.25, -0.2) is 8.42 Å². The van der Waals surface area contributed by atoms with E-state index in [0.717, 1.165) is 0 Å². The highest BCUT2D eigenvalue weighted by molar-refractivity contribution is 7.94. The molecule has 0 N–H and O–H groups in total. The second-order valence-corrected chi connectivity index (χ2v) is 8.39. The van der Waals surface area contributed by atoms with Crippen LogP contribution in [0.15, 0.2) is 42.5 Å². The Bertz CT molecular complexity index is 801. The van der Waals surface area contributed by atoms with Crippen molar-refractivity contribution in [2.75, 3.05) is 6.61 Å². The molecule has 1 saturated carbocycles. The Morgan fingerprint density at radius 1 is 1.24 bits per heavy atom. The molecule has 2 aliphatic rings. The van der Waals surface area contributed by atoms with E-state index < -0.39 is 43.8 Å². The second-order valence-electron chi connectivity index (χ2n) is 6.24. The number of fused-ring (bicyclic) bond motifs is 2. The average molecular weight is 374 g/mol. The molecule has 0 spiro atoms. The van der Waals surface area contributed by atoms with Crippen molar-refractivity contribution in [3.8, 4) is 0 Å². The topological polar surface area (TPSA) is 60.4 Å². The van der Waals surface area contributed by atoms with E-state index in [1.54, 1.807) is 36.4 Å². The number of alkyl halides is 3. The number of carbonyl (C=O) groups is 1. The fourth-order valence-electron chi connectivity index (χ4n) is 4.19. The van der Waals surface area contributed by atoms with Crippen LogP contribution in [0, 0.1) is 11.8 Å². The molecule has 0 heterocycles. The molecule has 0 amide bonds. The van der Waals surface area contributed by atoms with Crippen molar-refractivity contribution in [2.45, 2.75) is 29.5 Å². The van der Waals surface area contributed by atoms with Gasteiger partial charge in [-0.3, -0.25) is 4.79 Å². The minimum absolute atomic E-state index is 0.174. The van der Waals surface area contributed by atoms with E-state index in [2.05, 4.69) is 0 Å². The molecule has 0 unspecified atom stereocenters. The molecule has 3 rings (SSSR count). The van der Waals surface area contributed by atoms with Crippen molar-refractivity contribution in [3.05, 3.63) is 48.0 Å². The number of esters is 1. The van der Waals surface area contributed by atoms with Crippen molar-refractivity contribution < 1.29 is 31.1 Å². The SMILES string of the molecule is CCOC(=O)[C@]1(S(=O)(=O)C(F)(F)F)[C@H](c2ccccc2)[C@@H]2C=C[C@H]1C2. The van der Waals surface area contributed by atoms with Gasteiger partial charge >= 0.3 is 11.5 Å². The predicted molar refractivity (Wildman–Crippen MR) is 84.3 cm³/mol. The van der Waals surface area contributed by atoms with Gasteiger partial charge in [-0.15, -0.1) is 0 Å². The van der Waals surface area contributed by atoms with Gasteiger partial charge in [0, 0.05) is 11.8 Å². The lowest BCUT2D eigenvalue weighted by Gasteiger charge is -2.39. The lowest BCUT2D eigenvalue weighted by atomic mass is 9.77. The maximum absolute atomic E-state index is 13.5. The number of hydrogen-bond donors (Lipinski definition) is 0. The zero-order valence-electron chi connectivity index (χ0n) is 13.4. The van der Waals surface area contributed by atoms with Crippen LogP contribution in [0.1, 0.15) is 24.8 Å². The number of sulfone groups is 1. The molecule has 2 bridgehead atoms. The number of rotatable bonds is 4. The van der Waals surface area contributed by atoms with Crippen molar-refractivity contribution in [1.29, 1.82) is 0 Å². The zero-order chi connectivity index (χ0) is 18.5. The van der Waals surface area contributed by atoms with Crippen molar-refractivity contribution >= 4 is 15.8 Å². The Hall–Kier alpha value is -1.83. The third-order valence-corrected chi connectivity index (χ3v) is 7.28. The summed E-state index contributed by atoms with van der Waals surface area (Å²) < 4.78 is 68.0. The molecule has 136 valence electrons. The van der Waals surface area contributed by atoms with E-state index in [1.807, 2.05) is 0 Å². The average Bonchev–Trinajstić information content (AvgIpc) is 3.14. The van der Waals surface area contributed by atoms with Gasteiger partial charge in [0.1, 0.15) is 0 Å². The van der Waals surface area contributed by atoms with E-state index in [-0.39, 0.29) is 13.0 Å². The Morgan fingerprint density at radius 2 is 1.88 bits per heavy atom. The molecule has 0 aromatic heterocycles. The standard InChI is InChI=1S/C17H17F3O4S/c1-2-24-15(21)16(25(22,23)17(18,19)20)13-9-8-12(10-13)14(16)11-6-4-3-5-7-11/h3-9,12-14H,2,10H2,1H3/t12-,13+,14-,16-/m1/s1. The highest BCUT2D eigenvalue weighted by Gasteiger charge is 2.75. The Balaban J connectivity index is 2.30. The van der Waals surface area contributed by atoms with Crippen LogP contribution < -0.4 is 0 Å². The molecule has 0 radical (unpaired) electrons. The molecule has 8 heteroatoms. The largest absolute Gasteiger partial charge is 0.498 e. The first-order chi connectivity index (χ1) is 11.7. The molecule has 25 heavy (non-hydrogen) atoms. The first kappa shape index (κ1) is 18.0. The molecular formula is C17H17F3O4S. The van der Waals surface area contributed by atoms with Gasteiger partial charge in [-0.1, -0.05) is 42.5 Å². The molecule has 1 aromatic rings. The van der Waals surface area contributed by atoms with Gasteiger partial charge in [0.05, 0.1) is 6.61 Å². The third-order valence-electron chi connectivity index (χ3n) is 5.06. The Morgan fingerprint density at radius 3 is 2.44 bits per heavy atom. The molecule has 2 aliphatic carbocycles. The van der Waals surface area contributed by atoms with E-state index in [9.17, 15) is 26.4 Å². The lowest BCUT2D eigenvalue weighted by Crippen LogP contribution is -2.59. The first-order valence-corrected chi connectivity index (χ1v) is 9.37. The summed E-state index contributed by atoms with van der Waals surface area (Å²) >= 11 is 0. The van der Waals surface area contributed by atoms with Gasteiger partial charge in [-0.2, -0.15) is 13.2 Å². The smallest absolute Gasteiger partial charge is 0.465 e. The van der Waals surface area contributed by atoms with Crippen LogP contribution in [0.25, 0.3) is 0 Å². The van der Waals surface area contributed by atoms with Gasteiger partial charge in [-0.05, 0) is 24.8 Å². The number of ether oxygens (including phenoxy) is 1. The van der Waals surface area contributed by atoms with E-state index in [0.29, 0.717) is 5.56 Å². The van der Waals surface area contributed by atoms with Crippen LogP contribution >= 0.6 is 0 Å². The van der Waals surface area contributed by atoms with Crippen LogP contribution in [0.3, 0.4) is 0 Å². The van der Waals surface area contributed by atoms with Crippen LogP contribution in [-0.4, -0.2) is 31.2 Å². The first-order valence-electron chi connectivity index (χ1n) is 7.89. The summed E-state index contributed by atoms with van der Waals surface area (Å²) in [5, 5.41) is 0. The molecule has 1 aromatic carbocycles. The fourth-order valence-corrected chi connectivity index (χ4v) is 6.07. The number of halogens is 3. The molecule has 0 saturated heterocycles. The maximum Gasteiger partial charge on any atom is 0.498 e. The highest BCUT2D eigenvalue weighted by Crippen LogP contribution is 2.61. The van der Waals surface area contributed by atoms with Gasteiger partial charge < -0.3 is 4.74 Å². The number of carbonyl (C=O) groups excluding carboxylic acids is 1. The van der Waals surface area contributed by atoms with Crippen molar-refractivity contribution in [3.63, 3.8) is 0 Å². The highest BCUT2D eigenvalue weighted by atomic mass is 32.2. The minimum Gasteiger partial charge on any atom is -0.465 e. The van der Waals surface area contributed by atoms with Gasteiger partial charge in [0.25, 0.3) is 9.84 Å². The predicted octanol–water partition coefficient (Wildman–Crippen LogP) is 3.21. The number of benzene rings is 1. The van der Waals surface area contributed by atoms with E-state index >= 15 is 0 Å². The van der Waals surface area contributed by atoms with Crippen molar-refractivity contribution in [2.24, 2.45) is 11.8 Å². The minimum atomic E-state index is -5.81. The van der Waals surface area contributed by atoms with E-state index in [1.165, 1.54) is 13.0 Å². The Kier molecular flexibility index (Phi) is 4.21. The monoisotopic (exact) mass is 374 g/mol. The van der Waals surface area contributed by atoms with E-state index in [4.69, 9.17) is 4.74 Å². The number of allylic oxidation sites excluding steroid dienone is 2. The molecule has 0 aliphatic heterocycles. The molecule has 1 fully saturated rings. The second kappa shape index (κ2) is 5.86. The maximum atomic E-state index is 13.5. The fraction of sp³-hybridized carbons (Fsp3) is 0.471. The lowest BCUT2D eigenvalue weighted by molar-refractivity contribution is -0.148. The van der Waals surface area contributed by atoms with Crippen LogP contribution in [-0.2, 0) is 19.4 Å². The molecule has 4 nitrogen and oxygen atoms in total. The van der Waals surface area contributed by atoms with Crippen LogP contribution in [0.2, 0.25) is 0 Å². The summed E-state index contributed by atoms with van der Waals surface area (Å²) in [7, 11) is -5.81. The zero-order valence-corrected chi connectivity index (χ0v) is 14.2. The third kappa shape index (κ3) is 2.33. The summed E-state index contributed by atoms with van der Waals surface area (Å²) in [6.45, 7) is 1.24. The summed E-state index contributed by atoms with van der Waals surface area (Å²) in [6.07, 6.45) is 3.28. The summed E-state index contributed by atoms with van der Waals surface area (Å²) in [6, 6.07) is 8.01. The van der Waals surface area contributed by atoms with Crippen LogP contribution in [0.4, 0.5) is 13.2 Å². The summed E-state index contributed by atoms with van der Waals surface area (Å²) in [4.78, 5) is 12.7. The quantitative estimate of drug-likeness (QED) is 0.600. The Labute approximate surface area is 143 Å². The van der Waals surface area contributed by atoms with Gasteiger partial charge in [0.15, 0.2) is 4.75 Å². The molecular weight excluding hydrogens is 357 g/mol.